The molecule has 1 aromatic heterocycles. The van der Waals surface area contributed by atoms with Gasteiger partial charge in [-0.2, -0.15) is 0 Å². The maximum absolute atomic E-state index is 12.5. The molecule has 140 valence electrons. The lowest BCUT2D eigenvalue weighted by Crippen LogP contribution is -2.31. The van der Waals surface area contributed by atoms with E-state index in [4.69, 9.17) is 16.3 Å². The summed E-state index contributed by atoms with van der Waals surface area (Å²) in [5, 5.41) is 3.69. The number of ether oxygens (including phenoxy) is 1. The van der Waals surface area contributed by atoms with Crippen molar-refractivity contribution in [3.63, 3.8) is 0 Å². The van der Waals surface area contributed by atoms with Crippen LogP contribution in [0, 0.1) is 6.92 Å². The number of aryl methyl sites for hydroxylation is 2. The monoisotopic (exact) mass is 383 g/mol. The van der Waals surface area contributed by atoms with Crippen molar-refractivity contribution in [3.8, 4) is 5.75 Å². The molecule has 1 amide bonds. The molecule has 27 heavy (non-hydrogen) atoms. The van der Waals surface area contributed by atoms with Gasteiger partial charge in [-0.25, -0.2) is 4.98 Å². The molecule has 0 radical (unpaired) electrons. The van der Waals surface area contributed by atoms with Crippen molar-refractivity contribution in [2.75, 3.05) is 6.61 Å². The van der Waals surface area contributed by atoms with Gasteiger partial charge in [-0.1, -0.05) is 41.4 Å². The molecule has 3 rings (SSSR count). The van der Waals surface area contributed by atoms with E-state index in [1.54, 1.807) is 18.3 Å². The second-order valence-corrected chi connectivity index (χ2v) is 6.80. The lowest BCUT2D eigenvalue weighted by molar-refractivity contribution is -0.122. The first-order valence-corrected chi connectivity index (χ1v) is 9.12. The van der Waals surface area contributed by atoms with Gasteiger partial charge in [-0.05, 0) is 36.8 Å². The van der Waals surface area contributed by atoms with Gasteiger partial charge in [-0.3, -0.25) is 4.79 Å². The summed E-state index contributed by atoms with van der Waals surface area (Å²) >= 11 is 5.99. The topological polar surface area (TPSA) is 56.1 Å². The highest BCUT2D eigenvalue weighted by atomic mass is 35.5. The minimum absolute atomic E-state index is 0.106. The summed E-state index contributed by atoms with van der Waals surface area (Å²) in [5.74, 6) is 1.40. The Balaban J connectivity index is 1.64. The lowest BCUT2D eigenvalue weighted by Gasteiger charge is -2.19. The zero-order chi connectivity index (χ0) is 19.2. The SMILES string of the molecule is Cc1ccc(OCCC(=O)N[C@H](c2ccc(Cl)cc2)c2nccn2C)cc1. The number of aromatic nitrogens is 2. The van der Waals surface area contributed by atoms with E-state index in [9.17, 15) is 4.79 Å². The van der Waals surface area contributed by atoms with E-state index in [2.05, 4.69) is 10.3 Å². The zero-order valence-electron chi connectivity index (χ0n) is 15.4. The van der Waals surface area contributed by atoms with Crippen molar-refractivity contribution >= 4 is 17.5 Å². The van der Waals surface area contributed by atoms with Crippen LogP contribution in [0.1, 0.15) is 29.4 Å². The van der Waals surface area contributed by atoms with Crippen LogP contribution in [0.5, 0.6) is 5.75 Å². The number of carbonyl (C=O) groups is 1. The average Bonchev–Trinajstić information content (AvgIpc) is 3.08. The van der Waals surface area contributed by atoms with Crippen molar-refractivity contribution in [2.24, 2.45) is 7.05 Å². The predicted molar refractivity (Wildman–Crippen MR) is 106 cm³/mol. The average molecular weight is 384 g/mol. The molecule has 3 aromatic rings. The number of imidazole rings is 1. The summed E-state index contributed by atoms with van der Waals surface area (Å²) in [5.41, 5.74) is 2.09. The number of hydrogen-bond acceptors (Lipinski definition) is 3. The number of rotatable bonds is 7. The zero-order valence-corrected chi connectivity index (χ0v) is 16.1. The van der Waals surface area contributed by atoms with Gasteiger partial charge in [0.2, 0.25) is 5.91 Å². The minimum Gasteiger partial charge on any atom is -0.493 e. The number of nitrogens with zero attached hydrogens (tertiary/aromatic N) is 2. The van der Waals surface area contributed by atoms with Crippen molar-refractivity contribution in [2.45, 2.75) is 19.4 Å². The molecule has 0 aliphatic heterocycles. The Hall–Kier alpha value is -2.79. The highest BCUT2D eigenvalue weighted by molar-refractivity contribution is 6.30. The highest BCUT2D eigenvalue weighted by Gasteiger charge is 2.20. The summed E-state index contributed by atoms with van der Waals surface area (Å²) in [6.45, 7) is 2.33. The van der Waals surface area contributed by atoms with Crippen LogP contribution in [0.15, 0.2) is 60.9 Å². The molecule has 0 aliphatic carbocycles. The lowest BCUT2D eigenvalue weighted by atomic mass is 10.1. The normalized spacial score (nSPS) is 11.8. The van der Waals surface area contributed by atoms with E-state index in [1.165, 1.54) is 5.56 Å². The van der Waals surface area contributed by atoms with Gasteiger partial charge in [-0.15, -0.1) is 0 Å². The third kappa shape index (κ3) is 5.11. The third-order valence-corrected chi connectivity index (χ3v) is 4.50. The molecular weight excluding hydrogens is 362 g/mol. The molecule has 0 unspecified atom stereocenters. The molecule has 0 bridgehead atoms. The fraction of sp³-hybridized carbons (Fsp3) is 0.238. The number of benzene rings is 2. The molecule has 6 heteroatoms. The van der Waals surface area contributed by atoms with E-state index < -0.39 is 0 Å². The van der Waals surface area contributed by atoms with Crippen molar-refractivity contribution in [3.05, 3.63) is 82.9 Å². The first kappa shape index (κ1) is 19.0. The van der Waals surface area contributed by atoms with Crippen LogP contribution >= 0.6 is 11.6 Å². The summed E-state index contributed by atoms with van der Waals surface area (Å²) in [4.78, 5) is 16.9. The molecule has 0 aliphatic rings. The van der Waals surface area contributed by atoms with Gasteiger partial charge in [0.05, 0.1) is 13.0 Å². The third-order valence-electron chi connectivity index (χ3n) is 4.24. The van der Waals surface area contributed by atoms with Crippen LogP contribution in [0.25, 0.3) is 0 Å². The van der Waals surface area contributed by atoms with Crippen LogP contribution < -0.4 is 10.1 Å². The van der Waals surface area contributed by atoms with Crippen LogP contribution in [0.4, 0.5) is 0 Å². The predicted octanol–water partition coefficient (Wildman–Crippen LogP) is 4.06. The van der Waals surface area contributed by atoms with Gasteiger partial charge < -0.3 is 14.6 Å². The summed E-state index contributed by atoms with van der Waals surface area (Å²) in [6.07, 6.45) is 3.82. The Labute approximate surface area is 164 Å². The molecule has 1 atom stereocenters. The molecule has 2 aromatic carbocycles. The Morgan fingerprint density at radius 2 is 1.89 bits per heavy atom. The van der Waals surface area contributed by atoms with Gasteiger partial charge in [0.15, 0.2) is 0 Å². The number of carbonyl (C=O) groups excluding carboxylic acids is 1. The first-order valence-electron chi connectivity index (χ1n) is 8.74. The molecule has 0 saturated heterocycles. The minimum atomic E-state index is -0.353. The smallest absolute Gasteiger partial charge is 0.224 e. The molecular formula is C21H22ClN3O2. The van der Waals surface area contributed by atoms with Crippen LogP contribution in [0.3, 0.4) is 0 Å². The van der Waals surface area contributed by atoms with Crippen LogP contribution in [-0.2, 0) is 11.8 Å². The van der Waals surface area contributed by atoms with Gasteiger partial charge in [0, 0.05) is 24.5 Å². The van der Waals surface area contributed by atoms with Crippen LogP contribution in [-0.4, -0.2) is 22.1 Å². The Morgan fingerprint density at radius 3 is 2.52 bits per heavy atom. The molecule has 1 N–H and O–H groups in total. The quantitative estimate of drug-likeness (QED) is 0.669. The van der Waals surface area contributed by atoms with Crippen molar-refractivity contribution in [1.82, 2.24) is 14.9 Å². The maximum Gasteiger partial charge on any atom is 0.224 e. The molecule has 0 spiro atoms. The largest absolute Gasteiger partial charge is 0.493 e. The van der Waals surface area contributed by atoms with E-state index in [0.717, 1.165) is 17.1 Å². The molecule has 1 heterocycles. The maximum atomic E-state index is 12.5. The Bertz CT molecular complexity index is 889. The van der Waals surface area contributed by atoms with E-state index >= 15 is 0 Å². The number of hydrogen-bond donors (Lipinski definition) is 1. The first-order chi connectivity index (χ1) is 13.0. The van der Waals surface area contributed by atoms with Gasteiger partial charge >= 0.3 is 0 Å². The summed E-state index contributed by atoms with van der Waals surface area (Å²) in [7, 11) is 1.90. The number of halogens is 1. The fourth-order valence-corrected chi connectivity index (χ4v) is 2.86. The van der Waals surface area contributed by atoms with Crippen molar-refractivity contribution in [1.29, 1.82) is 0 Å². The highest BCUT2D eigenvalue weighted by Crippen LogP contribution is 2.22. The molecule has 0 saturated carbocycles. The number of nitrogens with one attached hydrogen (secondary N) is 1. The standard InChI is InChI=1S/C21H22ClN3O2/c1-15-3-9-18(10-4-15)27-14-11-19(26)24-20(21-23-12-13-25(21)2)16-5-7-17(22)8-6-16/h3-10,12-13,20H,11,14H2,1-2H3,(H,24,26)/t20-/m1/s1. The van der Waals surface area contributed by atoms with Crippen molar-refractivity contribution < 1.29 is 9.53 Å². The number of amides is 1. The van der Waals surface area contributed by atoms with E-state index in [1.807, 2.05) is 61.1 Å². The summed E-state index contributed by atoms with van der Waals surface area (Å²) in [6, 6.07) is 14.8. The molecule has 0 fully saturated rings. The Morgan fingerprint density at radius 1 is 1.19 bits per heavy atom. The second kappa shape index (κ2) is 8.73. The van der Waals surface area contributed by atoms with Crippen LogP contribution in [0.2, 0.25) is 5.02 Å². The van der Waals surface area contributed by atoms with Gasteiger partial charge in [0.25, 0.3) is 0 Å². The molecule has 5 nitrogen and oxygen atoms in total. The van der Waals surface area contributed by atoms with E-state index in [0.29, 0.717) is 11.6 Å². The van der Waals surface area contributed by atoms with Gasteiger partial charge in [0.1, 0.15) is 17.6 Å². The summed E-state index contributed by atoms with van der Waals surface area (Å²) < 4.78 is 7.54. The Kier molecular flexibility index (Phi) is 6.14. The fourth-order valence-electron chi connectivity index (χ4n) is 2.74. The van der Waals surface area contributed by atoms with E-state index in [-0.39, 0.29) is 18.4 Å². The second-order valence-electron chi connectivity index (χ2n) is 6.36.